The average Bonchev–Trinajstić information content (AvgIpc) is 3.45. The molecule has 3 aliphatic heterocycles. The van der Waals surface area contributed by atoms with Crippen molar-refractivity contribution in [2.45, 2.75) is 50.1 Å². The molecule has 8 nitrogen and oxygen atoms in total. The molecule has 1 atom stereocenters. The summed E-state index contributed by atoms with van der Waals surface area (Å²) >= 11 is 0. The quantitative estimate of drug-likeness (QED) is 0.786. The standard InChI is InChI=1S/C21H25N3O5/c25-18(13-24-19(26)21(22-20(24)27)7-1-2-8-21)23-9-3-4-15(23)14-5-6-16-17(12-14)29-11-10-28-16/h5-6,12,15H,1-4,7-11,13H2,(H,22,27)/t15-/m0/s1. The van der Waals surface area contributed by atoms with Gasteiger partial charge in [0.05, 0.1) is 6.04 Å². The molecular weight excluding hydrogens is 374 g/mol. The molecule has 1 aliphatic carbocycles. The molecule has 1 N–H and O–H groups in total. The van der Waals surface area contributed by atoms with Gasteiger partial charge in [-0.2, -0.15) is 0 Å². The number of rotatable bonds is 3. The van der Waals surface area contributed by atoms with E-state index in [9.17, 15) is 14.4 Å². The lowest BCUT2D eigenvalue weighted by atomic mass is 9.98. The predicted octanol–water partition coefficient (Wildman–Crippen LogP) is 1.99. The van der Waals surface area contributed by atoms with Gasteiger partial charge in [0.25, 0.3) is 5.91 Å². The summed E-state index contributed by atoms with van der Waals surface area (Å²) in [5.41, 5.74) is 0.210. The fourth-order valence-electron chi connectivity index (χ4n) is 5.04. The number of carbonyl (C=O) groups excluding carboxylic acids is 3. The normalized spacial score (nSPS) is 25.0. The minimum absolute atomic E-state index is 0.0838. The second-order valence-electron chi connectivity index (χ2n) is 8.26. The van der Waals surface area contributed by atoms with Gasteiger partial charge in [-0.3, -0.25) is 14.5 Å². The first kappa shape index (κ1) is 18.3. The highest BCUT2D eigenvalue weighted by atomic mass is 16.6. The van der Waals surface area contributed by atoms with Crippen LogP contribution in [0.4, 0.5) is 4.79 Å². The highest BCUT2D eigenvalue weighted by molar-refractivity contribution is 6.09. The lowest BCUT2D eigenvalue weighted by Crippen LogP contribution is -2.46. The second kappa shape index (κ2) is 6.93. The maximum absolute atomic E-state index is 13.1. The Hall–Kier alpha value is -2.77. The number of hydrogen-bond donors (Lipinski definition) is 1. The van der Waals surface area contributed by atoms with Gasteiger partial charge in [0, 0.05) is 6.54 Å². The summed E-state index contributed by atoms with van der Waals surface area (Å²) in [5.74, 6) is 0.978. The van der Waals surface area contributed by atoms with E-state index >= 15 is 0 Å². The lowest BCUT2D eigenvalue weighted by molar-refractivity contribution is -0.139. The van der Waals surface area contributed by atoms with Crippen LogP contribution in [0.2, 0.25) is 0 Å². The molecule has 5 rings (SSSR count). The Morgan fingerprint density at radius 1 is 1.10 bits per heavy atom. The van der Waals surface area contributed by atoms with E-state index in [0.717, 1.165) is 41.9 Å². The number of imide groups is 1. The number of likely N-dealkylation sites (tertiary alicyclic amines) is 1. The van der Waals surface area contributed by atoms with Gasteiger partial charge < -0.3 is 19.7 Å². The third-order valence-electron chi connectivity index (χ3n) is 6.52. The Balaban J connectivity index is 1.32. The number of nitrogens with one attached hydrogen (secondary N) is 1. The van der Waals surface area contributed by atoms with Crippen molar-refractivity contribution in [3.05, 3.63) is 23.8 Å². The van der Waals surface area contributed by atoms with Crippen LogP contribution >= 0.6 is 0 Å². The van der Waals surface area contributed by atoms with Crippen molar-refractivity contribution in [1.29, 1.82) is 0 Å². The Kier molecular flexibility index (Phi) is 4.37. The summed E-state index contributed by atoms with van der Waals surface area (Å²) < 4.78 is 11.3. The molecule has 4 amide bonds. The number of hydrogen-bond acceptors (Lipinski definition) is 5. The van der Waals surface area contributed by atoms with Gasteiger partial charge in [0.2, 0.25) is 5.91 Å². The van der Waals surface area contributed by atoms with Gasteiger partial charge in [-0.1, -0.05) is 18.9 Å². The summed E-state index contributed by atoms with van der Waals surface area (Å²) in [6.07, 6.45) is 4.89. The third-order valence-corrected chi connectivity index (χ3v) is 6.52. The zero-order valence-corrected chi connectivity index (χ0v) is 16.3. The highest BCUT2D eigenvalue weighted by Gasteiger charge is 2.53. The Bertz CT molecular complexity index is 864. The molecule has 29 heavy (non-hydrogen) atoms. The minimum Gasteiger partial charge on any atom is -0.486 e. The number of fused-ring (bicyclic) bond motifs is 1. The number of benzene rings is 1. The number of amides is 4. The fraction of sp³-hybridized carbons (Fsp3) is 0.571. The molecule has 0 unspecified atom stereocenters. The second-order valence-corrected chi connectivity index (χ2v) is 8.26. The monoisotopic (exact) mass is 399 g/mol. The van der Waals surface area contributed by atoms with Crippen LogP contribution in [-0.4, -0.2) is 59.5 Å². The van der Waals surface area contributed by atoms with E-state index in [4.69, 9.17) is 9.47 Å². The molecule has 3 fully saturated rings. The topological polar surface area (TPSA) is 88.2 Å². The molecule has 2 saturated heterocycles. The third kappa shape index (κ3) is 3.01. The summed E-state index contributed by atoms with van der Waals surface area (Å²) in [4.78, 5) is 41.2. The highest BCUT2D eigenvalue weighted by Crippen LogP contribution is 2.39. The van der Waals surface area contributed by atoms with E-state index in [1.165, 1.54) is 0 Å². The fourth-order valence-corrected chi connectivity index (χ4v) is 5.04. The number of nitrogens with zero attached hydrogens (tertiary/aromatic N) is 2. The van der Waals surface area contributed by atoms with E-state index in [0.29, 0.717) is 38.3 Å². The molecule has 0 bridgehead atoms. The van der Waals surface area contributed by atoms with Gasteiger partial charge in [-0.15, -0.1) is 0 Å². The maximum Gasteiger partial charge on any atom is 0.325 e. The van der Waals surface area contributed by atoms with Crippen molar-refractivity contribution in [2.24, 2.45) is 0 Å². The number of urea groups is 1. The van der Waals surface area contributed by atoms with Gasteiger partial charge in [-0.25, -0.2) is 4.79 Å². The van der Waals surface area contributed by atoms with Crippen molar-refractivity contribution in [3.8, 4) is 11.5 Å². The van der Waals surface area contributed by atoms with E-state index in [-0.39, 0.29) is 24.4 Å². The zero-order chi connectivity index (χ0) is 20.0. The Morgan fingerprint density at radius 3 is 2.66 bits per heavy atom. The first-order valence-electron chi connectivity index (χ1n) is 10.4. The minimum atomic E-state index is -0.780. The molecular formula is C21H25N3O5. The Labute approximate surface area is 169 Å². The van der Waals surface area contributed by atoms with Crippen molar-refractivity contribution >= 4 is 17.8 Å². The maximum atomic E-state index is 13.1. The van der Waals surface area contributed by atoms with Crippen molar-refractivity contribution in [1.82, 2.24) is 15.1 Å². The van der Waals surface area contributed by atoms with Crippen molar-refractivity contribution in [2.75, 3.05) is 26.3 Å². The van der Waals surface area contributed by atoms with Crippen LogP contribution in [0.1, 0.15) is 50.1 Å². The average molecular weight is 399 g/mol. The van der Waals surface area contributed by atoms with Crippen molar-refractivity contribution < 1.29 is 23.9 Å². The van der Waals surface area contributed by atoms with Crippen LogP contribution in [0.5, 0.6) is 11.5 Å². The molecule has 1 saturated carbocycles. The lowest BCUT2D eigenvalue weighted by Gasteiger charge is -2.28. The molecule has 4 aliphatic rings. The first-order chi connectivity index (χ1) is 14.1. The predicted molar refractivity (Wildman–Crippen MR) is 103 cm³/mol. The summed E-state index contributed by atoms with van der Waals surface area (Å²) in [6.45, 7) is 1.46. The van der Waals surface area contributed by atoms with E-state index in [2.05, 4.69) is 5.32 Å². The van der Waals surface area contributed by atoms with E-state index in [1.54, 1.807) is 4.90 Å². The summed E-state index contributed by atoms with van der Waals surface area (Å²) in [6, 6.07) is 5.25. The van der Waals surface area contributed by atoms with Crippen LogP contribution in [0.15, 0.2) is 18.2 Å². The van der Waals surface area contributed by atoms with Gasteiger partial charge in [0.15, 0.2) is 11.5 Å². The van der Waals surface area contributed by atoms with Crippen molar-refractivity contribution in [3.63, 3.8) is 0 Å². The molecule has 3 heterocycles. The zero-order valence-electron chi connectivity index (χ0n) is 16.3. The SMILES string of the molecule is O=C1NC2(CCCC2)C(=O)N1CC(=O)N1CCC[C@H]1c1ccc2c(c1)OCCO2. The molecule has 1 spiro atoms. The molecule has 0 radical (unpaired) electrons. The van der Waals surface area contributed by atoms with Crippen LogP contribution in [0.25, 0.3) is 0 Å². The van der Waals surface area contributed by atoms with Crippen LogP contribution in [0, 0.1) is 0 Å². The largest absolute Gasteiger partial charge is 0.486 e. The van der Waals surface area contributed by atoms with Crippen LogP contribution in [0.3, 0.4) is 0 Å². The molecule has 1 aromatic carbocycles. The summed E-state index contributed by atoms with van der Waals surface area (Å²) in [7, 11) is 0. The smallest absolute Gasteiger partial charge is 0.325 e. The van der Waals surface area contributed by atoms with Crippen LogP contribution < -0.4 is 14.8 Å². The van der Waals surface area contributed by atoms with Gasteiger partial charge >= 0.3 is 6.03 Å². The first-order valence-corrected chi connectivity index (χ1v) is 10.4. The number of ether oxygens (including phenoxy) is 2. The Morgan fingerprint density at radius 2 is 1.86 bits per heavy atom. The molecule has 154 valence electrons. The van der Waals surface area contributed by atoms with E-state index < -0.39 is 11.6 Å². The van der Waals surface area contributed by atoms with Gasteiger partial charge in [0.1, 0.15) is 25.3 Å². The molecule has 0 aromatic heterocycles. The number of carbonyl (C=O) groups is 3. The van der Waals surface area contributed by atoms with Crippen LogP contribution in [-0.2, 0) is 9.59 Å². The molecule has 8 heteroatoms. The summed E-state index contributed by atoms with van der Waals surface area (Å²) in [5, 5.41) is 2.84. The van der Waals surface area contributed by atoms with E-state index in [1.807, 2.05) is 18.2 Å². The van der Waals surface area contributed by atoms with Gasteiger partial charge in [-0.05, 0) is 43.4 Å². The molecule has 1 aromatic rings.